The summed E-state index contributed by atoms with van der Waals surface area (Å²) in [4.78, 5) is 2.64. The van der Waals surface area contributed by atoms with Crippen molar-refractivity contribution in [3.63, 3.8) is 0 Å². The molecule has 0 aliphatic heterocycles. The van der Waals surface area contributed by atoms with Crippen LogP contribution in [0.3, 0.4) is 0 Å². The van der Waals surface area contributed by atoms with Crippen molar-refractivity contribution in [1.82, 2.24) is 10.2 Å². The van der Waals surface area contributed by atoms with Gasteiger partial charge in [-0.25, -0.2) is 0 Å². The summed E-state index contributed by atoms with van der Waals surface area (Å²) < 4.78 is 0. The monoisotopic (exact) mass is 268 g/mol. The van der Waals surface area contributed by atoms with Gasteiger partial charge in [0, 0.05) is 18.1 Å². The van der Waals surface area contributed by atoms with Gasteiger partial charge in [-0.05, 0) is 57.5 Å². The Morgan fingerprint density at radius 3 is 2.42 bits per heavy atom. The first-order chi connectivity index (χ1) is 8.77. The summed E-state index contributed by atoms with van der Waals surface area (Å²) in [6, 6.07) is 2.00. The molecule has 2 nitrogen and oxygen atoms in total. The topological polar surface area (TPSA) is 15.3 Å². The molecule has 0 amide bonds. The van der Waals surface area contributed by atoms with Gasteiger partial charge in [-0.15, -0.1) is 0 Å². The Balaban J connectivity index is 2.72. The van der Waals surface area contributed by atoms with Crippen LogP contribution in [0.5, 0.6) is 0 Å². The van der Waals surface area contributed by atoms with Gasteiger partial charge in [0.05, 0.1) is 0 Å². The molecule has 0 aromatic rings. The Hall–Kier alpha value is -0.0800. The molecule has 1 N–H and O–H groups in total. The van der Waals surface area contributed by atoms with E-state index in [1.807, 2.05) is 0 Å². The van der Waals surface area contributed by atoms with Crippen LogP contribution in [-0.4, -0.2) is 36.6 Å². The zero-order valence-corrected chi connectivity index (χ0v) is 14.3. The van der Waals surface area contributed by atoms with E-state index in [0.717, 1.165) is 12.5 Å². The molecule has 0 saturated heterocycles. The van der Waals surface area contributed by atoms with E-state index in [2.05, 4.69) is 58.8 Å². The summed E-state index contributed by atoms with van der Waals surface area (Å²) in [7, 11) is 2.33. The van der Waals surface area contributed by atoms with Crippen LogP contribution < -0.4 is 5.32 Å². The van der Waals surface area contributed by atoms with Crippen molar-refractivity contribution in [2.45, 2.75) is 85.4 Å². The van der Waals surface area contributed by atoms with Crippen LogP contribution in [0.25, 0.3) is 0 Å². The molecule has 0 aromatic carbocycles. The number of nitrogens with one attached hydrogen (secondary N) is 1. The fraction of sp³-hybridized carbons (Fsp3) is 1.00. The fourth-order valence-electron chi connectivity index (χ4n) is 3.27. The Morgan fingerprint density at radius 1 is 1.26 bits per heavy atom. The Bertz CT molecular complexity index is 254. The van der Waals surface area contributed by atoms with E-state index in [1.165, 1.54) is 25.7 Å². The Morgan fingerprint density at radius 2 is 1.89 bits per heavy atom. The SMILES string of the molecule is CCCNC1CCC(C)CC1N(C)C(C)C(C)(C)C. The van der Waals surface area contributed by atoms with E-state index >= 15 is 0 Å². The van der Waals surface area contributed by atoms with Crippen molar-refractivity contribution in [2.24, 2.45) is 11.3 Å². The van der Waals surface area contributed by atoms with Gasteiger partial charge in [0.1, 0.15) is 0 Å². The summed E-state index contributed by atoms with van der Waals surface area (Å²) in [6.07, 6.45) is 5.30. The normalized spacial score (nSPS) is 30.6. The van der Waals surface area contributed by atoms with Gasteiger partial charge in [0.25, 0.3) is 0 Å². The van der Waals surface area contributed by atoms with Crippen molar-refractivity contribution in [3.05, 3.63) is 0 Å². The van der Waals surface area contributed by atoms with Gasteiger partial charge in [0.15, 0.2) is 0 Å². The highest BCUT2D eigenvalue weighted by Crippen LogP contribution is 2.32. The number of hydrogen-bond donors (Lipinski definition) is 1. The molecule has 2 heteroatoms. The molecule has 19 heavy (non-hydrogen) atoms. The summed E-state index contributed by atoms with van der Waals surface area (Å²) in [5.41, 5.74) is 0.352. The molecule has 0 aromatic heterocycles. The van der Waals surface area contributed by atoms with Crippen molar-refractivity contribution in [1.29, 1.82) is 0 Å². The van der Waals surface area contributed by atoms with Crippen LogP contribution in [0.15, 0.2) is 0 Å². The third-order valence-corrected chi connectivity index (χ3v) is 5.12. The standard InChI is InChI=1S/C17H36N2/c1-8-11-18-15-10-9-13(2)12-16(15)19(7)14(3)17(4,5)6/h13-16,18H,8-12H2,1-7H3. The summed E-state index contributed by atoms with van der Waals surface area (Å²) in [6.45, 7) is 15.3. The van der Waals surface area contributed by atoms with Crippen LogP contribution >= 0.6 is 0 Å². The molecule has 0 spiro atoms. The first-order valence-electron chi connectivity index (χ1n) is 8.22. The van der Waals surface area contributed by atoms with Gasteiger partial charge in [0.2, 0.25) is 0 Å². The molecule has 1 saturated carbocycles. The summed E-state index contributed by atoms with van der Waals surface area (Å²) >= 11 is 0. The van der Waals surface area contributed by atoms with Crippen LogP contribution in [0, 0.1) is 11.3 Å². The minimum Gasteiger partial charge on any atom is -0.312 e. The first-order valence-corrected chi connectivity index (χ1v) is 8.22. The minimum atomic E-state index is 0.352. The van der Waals surface area contributed by atoms with Crippen molar-refractivity contribution >= 4 is 0 Å². The molecular formula is C17H36N2. The second-order valence-electron chi connectivity index (χ2n) is 7.75. The minimum absolute atomic E-state index is 0.352. The zero-order chi connectivity index (χ0) is 14.6. The van der Waals surface area contributed by atoms with Gasteiger partial charge in [-0.2, -0.15) is 0 Å². The van der Waals surface area contributed by atoms with Crippen LogP contribution in [0.2, 0.25) is 0 Å². The Kier molecular flexibility index (Phi) is 6.32. The van der Waals surface area contributed by atoms with Gasteiger partial charge < -0.3 is 5.32 Å². The molecule has 1 fully saturated rings. The second kappa shape index (κ2) is 7.08. The van der Waals surface area contributed by atoms with Gasteiger partial charge in [-0.3, -0.25) is 4.90 Å². The van der Waals surface area contributed by atoms with E-state index in [-0.39, 0.29) is 0 Å². The molecule has 1 aliphatic rings. The van der Waals surface area contributed by atoms with Crippen molar-refractivity contribution in [2.75, 3.05) is 13.6 Å². The van der Waals surface area contributed by atoms with E-state index < -0.39 is 0 Å². The van der Waals surface area contributed by atoms with Crippen LogP contribution in [-0.2, 0) is 0 Å². The molecule has 0 heterocycles. The molecular weight excluding hydrogens is 232 g/mol. The lowest BCUT2D eigenvalue weighted by atomic mass is 9.79. The third kappa shape index (κ3) is 4.75. The molecule has 4 unspecified atom stereocenters. The number of likely N-dealkylation sites (N-methyl/N-ethyl adjacent to an activating group) is 1. The molecule has 4 atom stereocenters. The van der Waals surface area contributed by atoms with E-state index in [4.69, 9.17) is 0 Å². The predicted molar refractivity (Wildman–Crippen MR) is 85.6 cm³/mol. The molecule has 1 rings (SSSR count). The highest BCUT2D eigenvalue weighted by Gasteiger charge is 2.35. The summed E-state index contributed by atoms with van der Waals surface area (Å²) in [5, 5.41) is 3.79. The second-order valence-corrected chi connectivity index (χ2v) is 7.75. The predicted octanol–water partition coefficient (Wildman–Crippen LogP) is 3.91. The van der Waals surface area contributed by atoms with Gasteiger partial charge >= 0.3 is 0 Å². The van der Waals surface area contributed by atoms with E-state index in [9.17, 15) is 0 Å². The third-order valence-electron chi connectivity index (χ3n) is 5.12. The van der Waals surface area contributed by atoms with Crippen molar-refractivity contribution < 1.29 is 0 Å². The quantitative estimate of drug-likeness (QED) is 0.813. The smallest absolute Gasteiger partial charge is 0.0251 e. The summed E-state index contributed by atoms with van der Waals surface area (Å²) in [5.74, 6) is 0.874. The maximum Gasteiger partial charge on any atom is 0.0251 e. The zero-order valence-electron chi connectivity index (χ0n) is 14.3. The molecule has 0 radical (unpaired) electrons. The average Bonchev–Trinajstić information content (AvgIpc) is 2.34. The lowest BCUT2D eigenvalue weighted by Gasteiger charge is -2.46. The highest BCUT2D eigenvalue weighted by atomic mass is 15.2. The average molecular weight is 268 g/mol. The van der Waals surface area contributed by atoms with E-state index in [0.29, 0.717) is 23.5 Å². The van der Waals surface area contributed by atoms with Crippen LogP contribution in [0.4, 0.5) is 0 Å². The van der Waals surface area contributed by atoms with Crippen LogP contribution in [0.1, 0.15) is 67.2 Å². The first kappa shape index (κ1) is 17.0. The molecule has 114 valence electrons. The lowest BCUT2D eigenvalue weighted by molar-refractivity contribution is 0.0470. The largest absolute Gasteiger partial charge is 0.312 e. The number of rotatable bonds is 5. The molecule has 1 aliphatic carbocycles. The Labute approximate surface area is 121 Å². The lowest BCUT2D eigenvalue weighted by Crippen LogP contribution is -2.56. The van der Waals surface area contributed by atoms with Crippen molar-refractivity contribution in [3.8, 4) is 0 Å². The number of hydrogen-bond acceptors (Lipinski definition) is 2. The highest BCUT2D eigenvalue weighted by molar-refractivity contribution is 4.92. The maximum absolute atomic E-state index is 3.79. The van der Waals surface area contributed by atoms with Gasteiger partial charge in [-0.1, -0.05) is 34.6 Å². The van der Waals surface area contributed by atoms with E-state index in [1.54, 1.807) is 0 Å². The fourth-order valence-corrected chi connectivity index (χ4v) is 3.27. The maximum atomic E-state index is 3.79. The molecule has 0 bridgehead atoms. The number of nitrogens with zero attached hydrogens (tertiary/aromatic N) is 1.